The van der Waals surface area contributed by atoms with E-state index < -0.39 is 0 Å². The summed E-state index contributed by atoms with van der Waals surface area (Å²) in [5, 5.41) is 0. The largest absolute Gasteiger partial charge is 0.465 e. The van der Waals surface area contributed by atoms with Crippen LogP contribution >= 0.6 is 0 Å². The Hall–Kier alpha value is -1.05. The average molecular weight is 278 g/mol. The van der Waals surface area contributed by atoms with Gasteiger partial charge in [-0.05, 0) is 39.0 Å². The van der Waals surface area contributed by atoms with Crippen LogP contribution in [0.25, 0.3) is 0 Å². The molecule has 1 saturated carbocycles. The van der Waals surface area contributed by atoms with Crippen LogP contribution in [0.2, 0.25) is 0 Å². The molecular formula is C18H30O2. The molecule has 0 unspecified atom stereocenters. The first-order chi connectivity index (χ1) is 9.84. The van der Waals surface area contributed by atoms with Crippen molar-refractivity contribution in [1.29, 1.82) is 0 Å². The SMILES string of the molecule is CC=CC=CCCCCCCCCCOC(=O)C1CC1. The number of allylic oxidation sites excluding steroid dienone is 4. The molecule has 20 heavy (non-hydrogen) atoms. The Morgan fingerprint density at radius 2 is 1.65 bits per heavy atom. The van der Waals surface area contributed by atoms with Gasteiger partial charge >= 0.3 is 5.97 Å². The van der Waals surface area contributed by atoms with E-state index >= 15 is 0 Å². The number of hydrogen-bond donors (Lipinski definition) is 0. The highest BCUT2D eigenvalue weighted by atomic mass is 16.5. The average Bonchev–Trinajstić information content (AvgIpc) is 3.28. The van der Waals surface area contributed by atoms with Crippen molar-refractivity contribution in [2.75, 3.05) is 6.61 Å². The van der Waals surface area contributed by atoms with Crippen molar-refractivity contribution in [3.8, 4) is 0 Å². The van der Waals surface area contributed by atoms with Crippen LogP contribution in [0.5, 0.6) is 0 Å². The van der Waals surface area contributed by atoms with Crippen molar-refractivity contribution in [3.05, 3.63) is 24.3 Å². The molecule has 0 aliphatic heterocycles. The van der Waals surface area contributed by atoms with Crippen LogP contribution in [0.15, 0.2) is 24.3 Å². The quantitative estimate of drug-likeness (QED) is 0.279. The second-order valence-corrected chi connectivity index (χ2v) is 5.66. The molecule has 0 heterocycles. The highest BCUT2D eigenvalue weighted by Crippen LogP contribution is 2.30. The summed E-state index contributed by atoms with van der Waals surface area (Å²) >= 11 is 0. The number of rotatable bonds is 12. The molecule has 0 saturated heterocycles. The van der Waals surface area contributed by atoms with Crippen molar-refractivity contribution < 1.29 is 9.53 Å². The predicted molar refractivity (Wildman–Crippen MR) is 84.6 cm³/mol. The van der Waals surface area contributed by atoms with E-state index in [0.29, 0.717) is 6.61 Å². The molecule has 0 radical (unpaired) electrons. The minimum atomic E-state index is 0.0379. The Labute approximate surface area is 124 Å². The van der Waals surface area contributed by atoms with E-state index in [4.69, 9.17) is 4.74 Å². The fourth-order valence-electron chi connectivity index (χ4n) is 2.14. The first-order valence-electron chi connectivity index (χ1n) is 8.29. The van der Waals surface area contributed by atoms with Gasteiger partial charge in [0.2, 0.25) is 0 Å². The molecule has 0 spiro atoms. The van der Waals surface area contributed by atoms with Crippen LogP contribution in [-0.2, 0) is 9.53 Å². The second-order valence-electron chi connectivity index (χ2n) is 5.66. The number of carbonyl (C=O) groups is 1. The third-order valence-electron chi connectivity index (χ3n) is 3.61. The summed E-state index contributed by atoms with van der Waals surface area (Å²) < 4.78 is 5.21. The normalized spacial score (nSPS) is 15.2. The summed E-state index contributed by atoms with van der Waals surface area (Å²) in [6, 6.07) is 0. The van der Waals surface area contributed by atoms with Crippen LogP contribution in [0.4, 0.5) is 0 Å². The molecule has 2 heteroatoms. The van der Waals surface area contributed by atoms with Gasteiger partial charge in [-0.2, -0.15) is 0 Å². The maximum Gasteiger partial charge on any atom is 0.308 e. The summed E-state index contributed by atoms with van der Waals surface area (Å²) in [4.78, 5) is 11.3. The fraction of sp³-hybridized carbons (Fsp3) is 0.722. The van der Waals surface area contributed by atoms with Crippen molar-refractivity contribution in [2.45, 2.75) is 71.1 Å². The summed E-state index contributed by atoms with van der Waals surface area (Å²) in [6.07, 6.45) is 20.6. The Bertz CT molecular complexity index is 301. The second kappa shape index (κ2) is 11.7. The first kappa shape index (κ1) is 17.0. The standard InChI is InChI=1S/C18H30O2/c1-2-3-4-5-6-7-8-9-10-11-12-13-16-20-18(19)17-14-15-17/h2-5,17H,6-16H2,1H3. The van der Waals surface area contributed by atoms with Crippen LogP contribution in [0.3, 0.4) is 0 Å². The molecule has 1 rings (SSSR count). The molecule has 0 aromatic rings. The Balaban J connectivity index is 1.73. The molecule has 0 bridgehead atoms. The number of carbonyl (C=O) groups excluding carboxylic acids is 1. The van der Waals surface area contributed by atoms with Gasteiger partial charge in [-0.1, -0.05) is 56.4 Å². The van der Waals surface area contributed by atoms with Crippen LogP contribution in [0.1, 0.15) is 71.1 Å². The maximum absolute atomic E-state index is 11.3. The van der Waals surface area contributed by atoms with Gasteiger partial charge in [0.25, 0.3) is 0 Å². The topological polar surface area (TPSA) is 26.3 Å². The fourth-order valence-corrected chi connectivity index (χ4v) is 2.14. The van der Waals surface area contributed by atoms with E-state index in [2.05, 4.69) is 24.3 Å². The van der Waals surface area contributed by atoms with Gasteiger partial charge in [-0.3, -0.25) is 4.79 Å². The van der Waals surface area contributed by atoms with Gasteiger partial charge in [-0.25, -0.2) is 0 Å². The van der Waals surface area contributed by atoms with Gasteiger partial charge in [0.1, 0.15) is 0 Å². The molecule has 114 valence electrons. The van der Waals surface area contributed by atoms with Gasteiger partial charge in [0.15, 0.2) is 0 Å². The summed E-state index contributed by atoms with van der Waals surface area (Å²) in [5.41, 5.74) is 0. The number of hydrogen-bond acceptors (Lipinski definition) is 2. The van der Waals surface area contributed by atoms with Crippen molar-refractivity contribution >= 4 is 5.97 Å². The Morgan fingerprint density at radius 1 is 1.00 bits per heavy atom. The van der Waals surface area contributed by atoms with E-state index in [1.54, 1.807) is 0 Å². The highest BCUT2D eigenvalue weighted by molar-refractivity contribution is 5.74. The van der Waals surface area contributed by atoms with Gasteiger partial charge < -0.3 is 4.74 Å². The van der Waals surface area contributed by atoms with Crippen LogP contribution in [-0.4, -0.2) is 12.6 Å². The van der Waals surface area contributed by atoms with Crippen molar-refractivity contribution in [2.24, 2.45) is 5.92 Å². The van der Waals surface area contributed by atoms with Crippen LogP contribution < -0.4 is 0 Å². The zero-order chi connectivity index (χ0) is 14.5. The zero-order valence-corrected chi connectivity index (χ0v) is 13.0. The molecule has 0 N–H and O–H groups in total. The van der Waals surface area contributed by atoms with Crippen LogP contribution in [0, 0.1) is 5.92 Å². The lowest BCUT2D eigenvalue weighted by atomic mass is 10.1. The van der Waals surface area contributed by atoms with E-state index in [0.717, 1.165) is 19.3 Å². The lowest BCUT2D eigenvalue weighted by molar-refractivity contribution is -0.145. The van der Waals surface area contributed by atoms with Gasteiger partial charge in [0, 0.05) is 0 Å². The highest BCUT2D eigenvalue weighted by Gasteiger charge is 2.30. The molecule has 1 aliphatic rings. The summed E-state index contributed by atoms with van der Waals surface area (Å²) in [6.45, 7) is 2.67. The number of ether oxygens (including phenoxy) is 1. The monoisotopic (exact) mass is 278 g/mol. The number of esters is 1. The summed E-state index contributed by atoms with van der Waals surface area (Å²) in [5.74, 6) is 0.285. The summed E-state index contributed by atoms with van der Waals surface area (Å²) in [7, 11) is 0. The third kappa shape index (κ3) is 9.82. The Kier molecular flexibility index (Phi) is 9.99. The lowest BCUT2D eigenvalue weighted by Crippen LogP contribution is -2.07. The first-order valence-corrected chi connectivity index (χ1v) is 8.29. The predicted octanol–water partition coefficient (Wildman–Crippen LogP) is 5.19. The molecule has 0 amide bonds. The molecule has 0 atom stereocenters. The van der Waals surface area contributed by atoms with E-state index in [9.17, 15) is 4.79 Å². The lowest BCUT2D eigenvalue weighted by Gasteiger charge is -2.04. The van der Waals surface area contributed by atoms with E-state index in [1.807, 2.05) is 6.92 Å². The molecular weight excluding hydrogens is 248 g/mol. The Morgan fingerprint density at radius 3 is 2.30 bits per heavy atom. The van der Waals surface area contributed by atoms with Gasteiger partial charge in [0.05, 0.1) is 12.5 Å². The molecule has 1 fully saturated rings. The molecule has 2 nitrogen and oxygen atoms in total. The van der Waals surface area contributed by atoms with E-state index in [1.165, 1.54) is 44.9 Å². The zero-order valence-electron chi connectivity index (χ0n) is 13.0. The van der Waals surface area contributed by atoms with Crippen molar-refractivity contribution in [1.82, 2.24) is 0 Å². The minimum absolute atomic E-state index is 0.0379. The third-order valence-corrected chi connectivity index (χ3v) is 3.61. The molecule has 0 aromatic carbocycles. The van der Waals surface area contributed by atoms with Crippen molar-refractivity contribution in [3.63, 3.8) is 0 Å². The number of unbranched alkanes of at least 4 members (excludes halogenated alkanes) is 7. The smallest absolute Gasteiger partial charge is 0.308 e. The van der Waals surface area contributed by atoms with E-state index in [-0.39, 0.29) is 11.9 Å². The minimum Gasteiger partial charge on any atom is -0.465 e. The molecule has 1 aliphatic carbocycles. The maximum atomic E-state index is 11.3. The van der Waals surface area contributed by atoms with Gasteiger partial charge in [-0.15, -0.1) is 0 Å². The molecule has 0 aromatic heterocycles.